The summed E-state index contributed by atoms with van der Waals surface area (Å²) in [4.78, 5) is 13.2. The monoisotopic (exact) mass is 307 g/mol. The van der Waals surface area contributed by atoms with Crippen LogP contribution in [0.3, 0.4) is 0 Å². The van der Waals surface area contributed by atoms with Gasteiger partial charge in [-0.1, -0.05) is 6.92 Å². The molecule has 0 saturated carbocycles. The minimum Gasteiger partial charge on any atom is -0.469 e. The van der Waals surface area contributed by atoms with Gasteiger partial charge in [0, 0.05) is 26.2 Å². The van der Waals surface area contributed by atoms with Gasteiger partial charge in [0.1, 0.15) is 0 Å². The first-order valence-corrected chi connectivity index (χ1v) is 8.19. The van der Waals surface area contributed by atoms with Crippen LogP contribution in [-0.4, -0.2) is 70.5 Å². The molecule has 1 aliphatic rings. The molecule has 0 radical (unpaired) electrons. The number of hydrogen-bond donors (Lipinski definition) is 1. The predicted molar refractivity (Wildman–Crippen MR) is 76.4 cm³/mol. The van der Waals surface area contributed by atoms with E-state index >= 15 is 0 Å². The fraction of sp³-hybridized carbons (Fsp3) is 0.917. The van der Waals surface area contributed by atoms with E-state index in [-0.39, 0.29) is 24.9 Å². The lowest BCUT2D eigenvalue weighted by Gasteiger charge is -2.35. The normalized spacial score (nSPS) is 24.9. The highest BCUT2D eigenvalue weighted by molar-refractivity contribution is 7.87. The molecule has 1 heterocycles. The van der Waals surface area contributed by atoms with Gasteiger partial charge in [-0.25, -0.2) is 0 Å². The van der Waals surface area contributed by atoms with Gasteiger partial charge in [-0.3, -0.25) is 4.79 Å². The van der Waals surface area contributed by atoms with Gasteiger partial charge in [-0.15, -0.1) is 0 Å². The van der Waals surface area contributed by atoms with Crippen molar-refractivity contribution in [3.63, 3.8) is 0 Å². The Kier molecular flexibility index (Phi) is 6.38. The van der Waals surface area contributed by atoms with Crippen LogP contribution in [0.15, 0.2) is 0 Å². The van der Waals surface area contributed by atoms with Crippen LogP contribution in [0.2, 0.25) is 0 Å². The Morgan fingerprint density at radius 2 is 2.15 bits per heavy atom. The third-order valence-corrected chi connectivity index (χ3v) is 5.28. The summed E-state index contributed by atoms with van der Waals surface area (Å²) < 4.78 is 32.7. The van der Waals surface area contributed by atoms with Crippen molar-refractivity contribution in [2.75, 3.05) is 40.8 Å². The van der Waals surface area contributed by atoms with E-state index in [9.17, 15) is 13.2 Å². The Balaban J connectivity index is 2.53. The van der Waals surface area contributed by atoms with Gasteiger partial charge >= 0.3 is 5.97 Å². The van der Waals surface area contributed by atoms with Crippen molar-refractivity contribution < 1.29 is 17.9 Å². The van der Waals surface area contributed by atoms with Crippen LogP contribution in [0.5, 0.6) is 0 Å². The van der Waals surface area contributed by atoms with Crippen LogP contribution in [0.4, 0.5) is 0 Å². The average molecular weight is 307 g/mol. The Morgan fingerprint density at radius 3 is 2.70 bits per heavy atom. The van der Waals surface area contributed by atoms with Gasteiger partial charge in [-0.2, -0.15) is 17.4 Å². The summed E-state index contributed by atoms with van der Waals surface area (Å²) in [5.74, 6) is -0.155. The van der Waals surface area contributed by atoms with Crippen molar-refractivity contribution in [1.29, 1.82) is 0 Å². The Bertz CT molecular complexity index is 426. The van der Waals surface area contributed by atoms with Gasteiger partial charge in [0.25, 0.3) is 10.2 Å². The molecule has 0 bridgehead atoms. The van der Waals surface area contributed by atoms with E-state index in [0.29, 0.717) is 0 Å². The summed E-state index contributed by atoms with van der Waals surface area (Å²) in [6.45, 7) is 3.91. The van der Waals surface area contributed by atoms with Crippen molar-refractivity contribution in [1.82, 2.24) is 13.9 Å². The van der Waals surface area contributed by atoms with Gasteiger partial charge in [-0.05, 0) is 25.9 Å². The number of likely N-dealkylation sites (tertiary alicyclic amines) is 1. The zero-order valence-corrected chi connectivity index (χ0v) is 13.4. The zero-order chi connectivity index (χ0) is 15.3. The first-order chi connectivity index (χ1) is 9.26. The molecule has 1 aliphatic heterocycles. The zero-order valence-electron chi connectivity index (χ0n) is 12.6. The molecule has 8 heteroatoms. The minimum absolute atomic E-state index is 0.0524. The molecule has 1 fully saturated rings. The summed E-state index contributed by atoms with van der Waals surface area (Å²) in [6, 6.07) is -0.0585. The number of carbonyl (C=O) groups is 1. The molecule has 1 saturated heterocycles. The standard InChI is InChI=1S/C12H25N3O4S/c1-10-9-14(2)7-5-11(10)13-20(17,18)15(3)8-6-12(16)19-4/h10-11,13H,5-9H2,1-4H3. The molecular formula is C12H25N3O4S. The number of piperidine rings is 1. The van der Waals surface area contributed by atoms with Crippen LogP contribution in [0.1, 0.15) is 19.8 Å². The summed E-state index contributed by atoms with van der Waals surface area (Å²) in [5.41, 5.74) is 0. The molecule has 20 heavy (non-hydrogen) atoms. The number of nitrogens with zero attached hydrogens (tertiary/aromatic N) is 2. The summed E-state index contributed by atoms with van der Waals surface area (Å²) in [5, 5.41) is 0. The van der Waals surface area contributed by atoms with Crippen molar-refractivity contribution in [2.24, 2.45) is 5.92 Å². The van der Waals surface area contributed by atoms with E-state index in [2.05, 4.69) is 14.4 Å². The number of esters is 1. The quantitative estimate of drug-likeness (QED) is 0.679. The highest BCUT2D eigenvalue weighted by Gasteiger charge is 2.29. The highest BCUT2D eigenvalue weighted by Crippen LogP contribution is 2.16. The maximum atomic E-state index is 12.2. The van der Waals surface area contributed by atoms with E-state index in [1.54, 1.807) is 0 Å². The summed E-state index contributed by atoms with van der Waals surface area (Å²) in [7, 11) is 1.22. The van der Waals surface area contributed by atoms with E-state index in [1.807, 2.05) is 14.0 Å². The third kappa shape index (κ3) is 5.01. The van der Waals surface area contributed by atoms with E-state index in [4.69, 9.17) is 0 Å². The van der Waals surface area contributed by atoms with Crippen molar-refractivity contribution >= 4 is 16.2 Å². The van der Waals surface area contributed by atoms with Crippen molar-refractivity contribution in [2.45, 2.75) is 25.8 Å². The third-order valence-electron chi connectivity index (χ3n) is 3.68. The smallest absolute Gasteiger partial charge is 0.306 e. The fourth-order valence-electron chi connectivity index (χ4n) is 2.28. The molecule has 7 nitrogen and oxygen atoms in total. The SMILES string of the molecule is COC(=O)CCN(C)S(=O)(=O)NC1CCN(C)CC1C. The second kappa shape index (κ2) is 7.35. The highest BCUT2D eigenvalue weighted by atomic mass is 32.2. The Morgan fingerprint density at radius 1 is 1.50 bits per heavy atom. The molecule has 1 rings (SSSR count). The molecule has 118 valence electrons. The Hall–Kier alpha value is -0.700. The predicted octanol–water partition coefficient (Wildman–Crippen LogP) is -0.344. The van der Waals surface area contributed by atoms with Crippen LogP contribution >= 0.6 is 0 Å². The summed E-state index contributed by atoms with van der Waals surface area (Å²) >= 11 is 0. The minimum atomic E-state index is -3.56. The lowest BCUT2D eigenvalue weighted by molar-refractivity contribution is -0.140. The first-order valence-electron chi connectivity index (χ1n) is 6.75. The topological polar surface area (TPSA) is 78.9 Å². The van der Waals surface area contributed by atoms with Gasteiger partial charge in [0.05, 0.1) is 13.5 Å². The molecule has 2 unspecified atom stereocenters. The molecule has 2 atom stereocenters. The second-order valence-corrected chi connectivity index (χ2v) is 7.21. The molecule has 0 spiro atoms. The lowest BCUT2D eigenvalue weighted by atomic mass is 9.95. The number of nitrogens with one attached hydrogen (secondary N) is 1. The number of rotatable bonds is 6. The van der Waals surface area contributed by atoms with Crippen LogP contribution in [0, 0.1) is 5.92 Å². The average Bonchev–Trinajstić information content (AvgIpc) is 2.38. The maximum absolute atomic E-state index is 12.2. The molecular weight excluding hydrogens is 282 g/mol. The van der Waals surface area contributed by atoms with E-state index in [0.717, 1.165) is 23.8 Å². The van der Waals surface area contributed by atoms with Gasteiger partial charge in [0.15, 0.2) is 0 Å². The van der Waals surface area contributed by atoms with E-state index < -0.39 is 16.2 Å². The van der Waals surface area contributed by atoms with Crippen molar-refractivity contribution in [3.8, 4) is 0 Å². The van der Waals surface area contributed by atoms with Crippen molar-refractivity contribution in [3.05, 3.63) is 0 Å². The number of ether oxygens (including phenoxy) is 1. The number of methoxy groups -OCH3 is 1. The molecule has 1 N–H and O–H groups in total. The largest absolute Gasteiger partial charge is 0.469 e. The molecule has 0 aromatic rings. The van der Waals surface area contributed by atoms with Gasteiger partial charge in [0.2, 0.25) is 0 Å². The van der Waals surface area contributed by atoms with Crippen LogP contribution in [-0.2, 0) is 19.7 Å². The molecule has 0 aromatic heterocycles. The lowest BCUT2D eigenvalue weighted by Crippen LogP contribution is -2.52. The fourth-order valence-corrected chi connectivity index (χ4v) is 3.53. The Labute approximate surface area is 121 Å². The first kappa shape index (κ1) is 17.4. The number of carbonyl (C=O) groups excluding carboxylic acids is 1. The number of hydrogen-bond acceptors (Lipinski definition) is 5. The second-order valence-electron chi connectivity index (χ2n) is 5.41. The molecule has 0 aromatic carbocycles. The molecule has 0 amide bonds. The van der Waals surface area contributed by atoms with Crippen LogP contribution < -0.4 is 4.72 Å². The van der Waals surface area contributed by atoms with Gasteiger partial charge < -0.3 is 9.64 Å². The summed E-state index contributed by atoms with van der Waals surface area (Å²) in [6.07, 6.45) is 0.846. The van der Waals surface area contributed by atoms with E-state index in [1.165, 1.54) is 14.2 Å². The molecule has 0 aliphatic carbocycles. The van der Waals surface area contributed by atoms with Crippen LogP contribution in [0.25, 0.3) is 0 Å². The maximum Gasteiger partial charge on any atom is 0.306 e.